The van der Waals surface area contributed by atoms with Gasteiger partial charge in [0, 0.05) is 12.2 Å². The summed E-state index contributed by atoms with van der Waals surface area (Å²) in [5.74, 6) is -1.19. The van der Waals surface area contributed by atoms with Crippen molar-refractivity contribution >= 4 is 17.7 Å². The topological polar surface area (TPSA) is 115 Å². The van der Waals surface area contributed by atoms with E-state index in [2.05, 4.69) is 10.3 Å². The summed E-state index contributed by atoms with van der Waals surface area (Å²) in [4.78, 5) is 25.8. The van der Waals surface area contributed by atoms with E-state index in [1.807, 2.05) is 6.92 Å². The van der Waals surface area contributed by atoms with Crippen LogP contribution in [0.15, 0.2) is 6.07 Å². The molecule has 0 saturated heterocycles. The second kappa shape index (κ2) is 6.69. The molecule has 4 N–H and O–H groups in total. The standard InChI is InChI=1S/C12H17N3O4/c1-7-5-8(2)15-12(10(7)11(13)18)14-3-4-19-6-9(16)17/h5H,3-4,6H2,1-2H3,(H2,13,18)(H,14,15)(H,16,17). The van der Waals surface area contributed by atoms with Crippen molar-refractivity contribution in [3.63, 3.8) is 0 Å². The number of nitrogens with two attached hydrogens (primary N) is 1. The fraction of sp³-hybridized carbons (Fsp3) is 0.417. The molecular formula is C12H17N3O4. The number of carboxylic acids is 1. The third-order valence-corrected chi connectivity index (χ3v) is 2.36. The van der Waals surface area contributed by atoms with Crippen LogP contribution in [-0.4, -0.2) is 41.7 Å². The maximum Gasteiger partial charge on any atom is 0.329 e. The Bertz CT molecular complexity index is 488. The highest BCUT2D eigenvalue weighted by Gasteiger charge is 2.13. The maximum atomic E-state index is 11.4. The Morgan fingerprint density at radius 3 is 2.74 bits per heavy atom. The lowest BCUT2D eigenvalue weighted by Crippen LogP contribution is -2.20. The molecule has 0 saturated carbocycles. The van der Waals surface area contributed by atoms with Crippen LogP contribution in [0.25, 0.3) is 0 Å². The average molecular weight is 267 g/mol. The first-order valence-corrected chi connectivity index (χ1v) is 5.73. The minimum atomic E-state index is -1.03. The molecule has 0 aliphatic heterocycles. The molecule has 0 aromatic carbocycles. The molecule has 0 bridgehead atoms. The van der Waals surface area contributed by atoms with Crippen molar-refractivity contribution < 1.29 is 19.4 Å². The molecule has 0 unspecified atom stereocenters. The Balaban J connectivity index is 2.67. The van der Waals surface area contributed by atoms with Crippen LogP contribution < -0.4 is 11.1 Å². The van der Waals surface area contributed by atoms with Gasteiger partial charge in [-0.3, -0.25) is 4.79 Å². The molecule has 0 atom stereocenters. The van der Waals surface area contributed by atoms with Crippen LogP contribution in [0.5, 0.6) is 0 Å². The van der Waals surface area contributed by atoms with E-state index in [1.165, 1.54) is 0 Å². The van der Waals surface area contributed by atoms with E-state index in [0.717, 1.165) is 11.3 Å². The first-order chi connectivity index (χ1) is 8.91. The van der Waals surface area contributed by atoms with Crippen LogP contribution >= 0.6 is 0 Å². The monoisotopic (exact) mass is 267 g/mol. The number of primary amides is 1. The fourth-order valence-corrected chi connectivity index (χ4v) is 1.68. The van der Waals surface area contributed by atoms with Gasteiger partial charge in [0.25, 0.3) is 5.91 Å². The highest BCUT2D eigenvalue weighted by Crippen LogP contribution is 2.17. The van der Waals surface area contributed by atoms with Crippen LogP contribution in [0.2, 0.25) is 0 Å². The molecule has 1 aromatic heterocycles. The van der Waals surface area contributed by atoms with Crippen molar-refractivity contribution in [2.24, 2.45) is 5.73 Å². The number of ether oxygens (including phenoxy) is 1. The number of aromatic nitrogens is 1. The summed E-state index contributed by atoms with van der Waals surface area (Å²) in [6.07, 6.45) is 0. The Hall–Kier alpha value is -2.15. The largest absolute Gasteiger partial charge is 0.480 e. The minimum absolute atomic E-state index is 0.194. The number of anilines is 1. The molecule has 7 nitrogen and oxygen atoms in total. The number of carbonyl (C=O) groups excluding carboxylic acids is 1. The van der Waals surface area contributed by atoms with Crippen molar-refractivity contribution in [3.8, 4) is 0 Å². The number of amides is 1. The van der Waals surface area contributed by atoms with E-state index >= 15 is 0 Å². The van der Waals surface area contributed by atoms with E-state index in [9.17, 15) is 9.59 Å². The van der Waals surface area contributed by atoms with Crippen LogP contribution in [0.3, 0.4) is 0 Å². The number of nitrogens with one attached hydrogen (secondary N) is 1. The summed E-state index contributed by atoms with van der Waals surface area (Å²) in [6, 6.07) is 1.77. The zero-order valence-electron chi connectivity index (χ0n) is 10.9. The summed E-state index contributed by atoms with van der Waals surface area (Å²) >= 11 is 0. The van der Waals surface area contributed by atoms with Crippen LogP contribution in [-0.2, 0) is 9.53 Å². The molecule has 0 aliphatic carbocycles. The van der Waals surface area contributed by atoms with Gasteiger partial charge in [-0.15, -0.1) is 0 Å². The second-order valence-electron chi connectivity index (χ2n) is 4.04. The Morgan fingerprint density at radius 2 is 2.16 bits per heavy atom. The van der Waals surface area contributed by atoms with Gasteiger partial charge in [0.1, 0.15) is 12.4 Å². The molecule has 0 aliphatic rings. The summed E-state index contributed by atoms with van der Waals surface area (Å²) in [5.41, 5.74) is 7.15. The SMILES string of the molecule is Cc1cc(C)c(C(N)=O)c(NCCOCC(=O)O)n1. The van der Waals surface area contributed by atoms with Gasteiger partial charge >= 0.3 is 5.97 Å². The highest BCUT2D eigenvalue weighted by molar-refractivity contribution is 5.99. The third-order valence-electron chi connectivity index (χ3n) is 2.36. The summed E-state index contributed by atoms with van der Waals surface area (Å²) in [6.45, 7) is 3.76. The van der Waals surface area contributed by atoms with Gasteiger partial charge in [0.15, 0.2) is 0 Å². The molecule has 1 heterocycles. The second-order valence-corrected chi connectivity index (χ2v) is 4.04. The zero-order valence-corrected chi connectivity index (χ0v) is 10.9. The van der Waals surface area contributed by atoms with E-state index < -0.39 is 11.9 Å². The van der Waals surface area contributed by atoms with Gasteiger partial charge in [-0.2, -0.15) is 0 Å². The molecule has 1 amide bonds. The van der Waals surface area contributed by atoms with Gasteiger partial charge in [-0.1, -0.05) is 0 Å². The smallest absolute Gasteiger partial charge is 0.329 e. The molecule has 0 radical (unpaired) electrons. The summed E-state index contributed by atoms with van der Waals surface area (Å²) in [5, 5.41) is 11.3. The summed E-state index contributed by atoms with van der Waals surface area (Å²) in [7, 11) is 0. The van der Waals surface area contributed by atoms with Gasteiger partial charge in [-0.25, -0.2) is 9.78 Å². The number of aryl methyl sites for hydroxylation is 2. The predicted octanol–water partition coefficient (Wildman–Crippen LogP) is 0.310. The quantitative estimate of drug-likeness (QED) is 0.612. The van der Waals surface area contributed by atoms with E-state index in [0.29, 0.717) is 17.9 Å². The van der Waals surface area contributed by atoms with Crippen LogP contribution in [0.4, 0.5) is 5.82 Å². The van der Waals surface area contributed by atoms with Gasteiger partial charge in [-0.05, 0) is 25.5 Å². The number of hydrogen-bond acceptors (Lipinski definition) is 5. The van der Waals surface area contributed by atoms with E-state index in [4.69, 9.17) is 15.6 Å². The van der Waals surface area contributed by atoms with E-state index in [-0.39, 0.29) is 13.2 Å². The van der Waals surface area contributed by atoms with Gasteiger partial charge in [0.05, 0.1) is 12.2 Å². The van der Waals surface area contributed by atoms with Crippen molar-refractivity contribution in [3.05, 3.63) is 22.9 Å². The Labute approximate surface area is 110 Å². The molecular weight excluding hydrogens is 250 g/mol. The molecule has 19 heavy (non-hydrogen) atoms. The van der Waals surface area contributed by atoms with Gasteiger partial charge in [0.2, 0.25) is 0 Å². The number of hydrogen-bond donors (Lipinski definition) is 3. The first kappa shape index (κ1) is 14.9. The molecule has 0 fully saturated rings. The van der Waals surface area contributed by atoms with Crippen molar-refractivity contribution in [1.82, 2.24) is 4.98 Å². The lowest BCUT2D eigenvalue weighted by Gasteiger charge is -2.12. The van der Waals surface area contributed by atoms with Crippen molar-refractivity contribution in [2.45, 2.75) is 13.8 Å². The maximum absolute atomic E-state index is 11.4. The highest BCUT2D eigenvalue weighted by atomic mass is 16.5. The molecule has 1 aromatic rings. The predicted molar refractivity (Wildman–Crippen MR) is 69.2 cm³/mol. The van der Waals surface area contributed by atoms with Crippen molar-refractivity contribution in [2.75, 3.05) is 25.1 Å². The number of nitrogens with zero attached hydrogens (tertiary/aromatic N) is 1. The van der Waals surface area contributed by atoms with Crippen LogP contribution in [0, 0.1) is 13.8 Å². The number of carbonyl (C=O) groups is 2. The number of rotatable bonds is 7. The number of carboxylic acid groups (broad SMARTS) is 1. The zero-order chi connectivity index (χ0) is 14.4. The first-order valence-electron chi connectivity index (χ1n) is 5.73. The molecule has 7 heteroatoms. The normalized spacial score (nSPS) is 10.2. The lowest BCUT2D eigenvalue weighted by molar-refractivity contribution is -0.142. The van der Waals surface area contributed by atoms with Crippen LogP contribution in [0.1, 0.15) is 21.6 Å². The average Bonchev–Trinajstić information content (AvgIpc) is 2.26. The molecule has 0 spiro atoms. The van der Waals surface area contributed by atoms with Crippen molar-refractivity contribution in [1.29, 1.82) is 0 Å². The minimum Gasteiger partial charge on any atom is -0.480 e. The Morgan fingerprint density at radius 1 is 1.47 bits per heavy atom. The lowest BCUT2D eigenvalue weighted by atomic mass is 10.1. The molecule has 1 rings (SSSR count). The number of aliphatic carboxylic acids is 1. The van der Waals surface area contributed by atoms with E-state index in [1.54, 1.807) is 13.0 Å². The fourth-order valence-electron chi connectivity index (χ4n) is 1.68. The molecule has 104 valence electrons. The van der Waals surface area contributed by atoms with Gasteiger partial charge < -0.3 is 20.9 Å². The summed E-state index contributed by atoms with van der Waals surface area (Å²) < 4.78 is 4.87. The Kier molecular flexibility index (Phi) is 5.25. The third kappa shape index (κ3) is 4.55. The number of pyridine rings is 1.